The van der Waals surface area contributed by atoms with Crippen LogP contribution in [0.2, 0.25) is 0 Å². The van der Waals surface area contributed by atoms with E-state index >= 15 is 0 Å². The first-order valence-electron chi connectivity index (χ1n) is 5.67. The lowest BCUT2D eigenvalue weighted by molar-refractivity contribution is 0.606. The van der Waals surface area contributed by atoms with Crippen LogP contribution in [0.15, 0.2) is 41.3 Å². The number of imidazole rings is 1. The van der Waals surface area contributed by atoms with Crippen LogP contribution in [-0.4, -0.2) is 21.1 Å². The molecule has 0 spiro atoms. The van der Waals surface area contributed by atoms with E-state index in [2.05, 4.69) is 15.3 Å². The lowest BCUT2D eigenvalue weighted by atomic mass is 10.3. The minimum absolute atomic E-state index is 0.489. The van der Waals surface area contributed by atoms with Crippen molar-refractivity contribution in [3.63, 3.8) is 0 Å². The second kappa shape index (κ2) is 4.40. The molecule has 2 heterocycles. The summed E-state index contributed by atoms with van der Waals surface area (Å²) in [5, 5.41) is 3.12. The van der Waals surface area contributed by atoms with Gasteiger partial charge in [-0.15, -0.1) is 0 Å². The summed E-state index contributed by atoms with van der Waals surface area (Å²) in [4.78, 5) is 8.28. The van der Waals surface area contributed by atoms with Gasteiger partial charge in [0.15, 0.2) is 5.58 Å². The number of hydrogen-bond donors (Lipinski definition) is 2. The van der Waals surface area contributed by atoms with Crippen LogP contribution in [0.3, 0.4) is 0 Å². The molecule has 0 saturated carbocycles. The number of hydrogen-bond acceptors (Lipinski definition) is 5. The molecule has 3 aromatic rings. The average Bonchev–Trinajstić information content (AvgIpc) is 2.98. The van der Waals surface area contributed by atoms with Gasteiger partial charge in [0.2, 0.25) is 0 Å². The van der Waals surface area contributed by atoms with E-state index in [1.807, 2.05) is 22.9 Å². The molecular formula is C12H13N5O. The van der Waals surface area contributed by atoms with Crippen LogP contribution in [0.25, 0.3) is 11.1 Å². The number of anilines is 2. The molecule has 0 amide bonds. The zero-order chi connectivity index (χ0) is 12.4. The molecule has 0 aliphatic carbocycles. The fraction of sp³-hybridized carbons (Fsp3) is 0.167. The Balaban J connectivity index is 1.69. The van der Waals surface area contributed by atoms with Crippen LogP contribution >= 0.6 is 0 Å². The smallest absolute Gasteiger partial charge is 0.295 e. The van der Waals surface area contributed by atoms with Gasteiger partial charge in [-0.1, -0.05) is 6.07 Å². The molecule has 3 N–H and O–H groups in total. The minimum Gasteiger partial charge on any atom is -0.423 e. The SMILES string of the molecule is Nc1cccc2oc(NCCn3ccnc3)nc12. The maximum Gasteiger partial charge on any atom is 0.295 e. The Morgan fingerprint density at radius 1 is 1.39 bits per heavy atom. The van der Waals surface area contributed by atoms with Gasteiger partial charge in [-0.2, -0.15) is 4.98 Å². The zero-order valence-corrected chi connectivity index (χ0v) is 9.71. The Bertz CT molecular complexity index is 644. The highest BCUT2D eigenvalue weighted by Gasteiger charge is 2.06. The molecule has 92 valence electrons. The summed E-state index contributed by atoms with van der Waals surface area (Å²) in [6.07, 6.45) is 5.43. The molecule has 0 radical (unpaired) electrons. The predicted octanol–water partition coefficient (Wildman–Crippen LogP) is 1.72. The largest absolute Gasteiger partial charge is 0.423 e. The minimum atomic E-state index is 0.489. The zero-order valence-electron chi connectivity index (χ0n) is 9.71. The number of rotatable bonds is 4. The summed E-state index contributed by atoms with van der Waals surface area (Å²) in [6, 6.07) is 5.99. The second-order valence-electron chi connectivity index (χ2n) is 3.94. The van der Waals surface area contributed by atoms with Crippen LogP contribution in [0.1, 0.15) is 0 Å². The van der Waals surface area contributed by atoms with Gasteiger partial charge in [0, 0.05) is 25.5 Å². The first kappa shape index (κ1) is 10.6. The quantitative estimate of drug-likeness (QED) is 0.682. The lowest BCUT2D eigenvalue weighted by Gasteiger charge is -2.01. The highest BCUT2D eigenvalue weighted by Crippen LogP contribution is 2.23. The summed E-state index contributed by atoms with van der Waals surface area (Å²) < 4.78 is 7.52. The Morgan fingerprint density at radius 2 is 2.33 bits per heavy atom. The number of nitrogen functional groups attached to an aromatic ring is 1. The van der Waals surface area contributed by atoms with Gasteiger partial charge < -0.3 is 20.0 Å². The number of nitrogens with two attached hydrogens (primary N) is 1. The second-order valence-corrected chi connectivity index (χ2v) is 3.94. The number of aromatic nitrogens is 3. The van der Waals surface area contributed by atoms with Crippen molar-refractivity contribution in [3.05, 3.63) is 36.9 Å². The number of benzene rings is 1. The molecule has 1 aromatic carbocycles. The fourth-order valence-electron chi connectivity index (χ4n) is 1.76. The van der Waals surface area contributed by atoms with Crippen molar-refractivity contribution >= 4 is 22.8 Å². The van der Waals surface area contributed by atoms with Crippen molar-refractivity contribution in [1.29, 1.82) is 0 Å². The molecule has 18 heavy (non-hydrogen) atoms. The van der Waals surface area contributed by atoms with Gasteiger partial charge >= 0.3 is 0 Å². The summed E-state index contributed by atoms with van der Waals surface area (Å²) >= 11 is 0. The summed E-state index contributed by atoms with van der Waals surface area (Å²) in [7, 11) is 0. The summed E-state index contributed by atoms with van der Waals surface area (Å²) in [6.45, 7) is 1.51. The van der Waals surface area contributed by atoms with Crippen LogP contribution in [0, 0.1) is 0 Å². The molecule has 0 fully saturated rings. The lowest BCUT2D eigenvalue weighted by Crippen LogP contribution is -2.09. The molecule has 3 rings (SSSR count). The number of oxazole rings is 1. The van der Waals surface area contributed by atoms with Crippen molar-refractivity contribution in [2.24, 2.45) is 0 Å². The molecule has 0 aliphatic heterocycles. The van der Waals surface area contributed by atoms with E-state index in [-0.39, 0.29) is 0 Å². The molecule has 0 unspecified atom stereocenters. The molecular weight excluding hydrogens is 230 g/mol. The van der Waals surface area contributed by atoms with Crippen LogP contribution in [0.4, 0.5) is 11.7 Å². The Kier molecular flexibility index (Phi) is 2.60. The van der Waals surface area contributed by atoms with Crippen molar-refractivity contribution in [3.8, 4) is 0 Å². The molecule has 0 bridgehead atoms. The van der Waals surface area contributed by atoms with Crippen molar-refractivity contribution in [2.75, 3.05) is 17.6 Å². The fourth-order valence-corrected chi connectivity index (χ4v) is 1.76. The maximum absolute atomic E-state index is 5.81. The third-order valence-corrected chi connectivity index (χ3v) is 2.66. The normalized spacial score (nSPS) is 10.9. The number of fused-ring (bicyclic) bond motifs is 1. The Labute approximate surface area is 103 Å². The van der Waals surface area contributed by atoms with Gasteiger partial charge in [0.05, 0.1) is 12.0 Å². The van der Waals surface area contributed by atoms with E-state index in [0.29, 0.717) is 29.3 Å². The van der Waals surface area contributed by atoms with E-state index in [1.165, 1.54) is 0 Å². The van der Waals surface area contributed by atoms with Gasteiger partial charge in [-0.3, -0.25) is 0 Å². The van der Waals surface area contributed by atoms with E-state index < -0.39 is 0 Å². The predicted molar refractivity (Wildman–Crippen MR) is 69.1 cm³/mol. The Morgan fingerprint density at radius 3 is 3.11 bits per heavy atom. The highest BCUT2D eigenvalue weighted by molar-refractivity contribution is 5.86. The van der Waals surface area contributed by atoms with Crippen molar-refractivity contribution in [2.45, 2.75) is 6.54 Å². The van der Waals surface area contributed by atoms with E-state index in [9.17, 15) is 0 Å². The first-order chi connectivity index (χ1) is 8.83. The first-order valence-corrected chi connectivity index (χ1v) is 5.67. The molecule has 0 saturated heterocycles. The third-order valence-electron chi connectivity index (χ3n) is 2.66. The standard InChI is InChI=1S/C12H13N5O/c13-9-2-1-3-10-11(9)16-12(18-10)15-5-7-17-6-4-14-8-17/h1-4,6,8H,5,7,13H2,(H,15,16). The Hall–Kier alpha value is -2.50. The third kappa shape index (κ3) is 2.00. The van der Waals surface area contributed by atoms with E-state index in [0.717, 1.165) is 6.54 Å². The monoisotopic (exact) mass is 243 g/mol. The average molecular weight is 243 g/mol. The van der Waals surface area contributed by atoms with E-state index in [4.69, 9.17) is 10.2 Å². The maximum atomic E-state index is 5.81. The van der Waals surface area contributed by atoms with Crippen molar-refractivity contribution < 1.29 is 4.42 Å². The van der Waals surface area contributed by atoms with Crippen LogP contribution < -0.4 is 11.1 Å². The van der Waals surface area contributed by atoms with Crippen LogP contribution in [-0.2, 0) is 6.54 Å². The topological polar surface area (TPSA) is 81.9 Å². The summed E-state index contributed by atoms with van der Waals surface area (Å²) in [5.74, 6) is 0. The number of para-hydroxylation sites is 1. The van der Waals surface area contributed by atoms with Gasteiger partial charge in [0.25, 0.3) is 6.01 Å². The van der Waals surface area contributed by atoms with Crippen molar-refractivity contribution in [1.82, 2.24) is 14.5 Å². The summed E-state index contributed by atoms with van der Waals surface area (Å²) in [5.41, 5.74) is 7.83. The number of nitrogens with zero attached hydrogens (tertiary/aromatic N) is 3. The molecule has 0 aliphatic rings. The van der Waals surface area contributed by atoms with Gasteiger partial charge in [0.1, 0.15) is 5.52 Å². The number of nitrogens with one attached hydrogen (secondary N) is 1. The molecule has 2 aromatic heterocycles. The molecule has 6 nitrogen and oxygen atoms in total. The van der Waals surface area contributed by atoms with Gasteiger partial charge in [-0.05, 0) is 12.1 Å². The molecule has 6 heteroatoms. The van der Waals surface area contributed by atoms with Crippen LogP contribution in [0.5, 0.6) is 0 Å². The highest BCUT2D eigenvalue weighted by atomic mass is 16.4. The molecule has 0 atom stereocenters. The van der Waals surface area contributed by atoms with E-state index in [1.54, 1.807) is 18.6 Å². The van der Waals surface area contributed by atoms with Gasteiger partial charge in [-0.25, -0.2) is 4.98 Å².